The maximum absolute atomic E-state index is 13.8. The summed E-state index contributed by atoms with van der Waals surface area (Å²) in [4.78, 5) is 36.7. The van der Waals surface area contributed by atoms with Gasteiger partial charge in [-0.3, -0.25) is 9.59 Å². The first-order valence-electron chi connectivity index (χ1n) is 11.4. The van der Waals surface area contributed by atoms with Crippen LogP contribution in [0.15, 0.2) is 55.0 Å². The summed E-state index contributed by atoms with van der Waals surface area (Å²) in [6.07, 6.45) is 4.84. The van der Waals surface area contributed by atoms with Gasteiger partial charge in [-0.2, -0.15) is 5.26 Å². The Bertz CT molecular complexity index is 1370. The molecule has 2 amide bonds. The molecule has 0 saturated carbocycles. The van der Waals surface area contributed by atoms with Crippen LogP contribution in [0.4, 0.5) is 5.69 Å². The first-order chi connectivity index (χ1) is 16.5. The van der Waals surface area contributed by atoms with E-state index < -0.39 is 23.0 Å². The minimum Gasteiger partial charge on any atom is -0.477 e. The Morgan fingerprint density at radius 1 is 1.15 bits per heavy atom. The van der Waals surface area contributed by atoms with Gasteiger partial charge in [-0.05, 0) is 31.2 Å². The van der Waals surface area contributed by atoms with Crippen LogP contribution in [0.1, 0.15) is 31.7 Å². The molecule has 2 aromatic carbocycles. The maximum Gasteiger partial charge on any atom is 0.240 e. The van der Waals surface area contributed by atoms with Crippen molar-refractivity contribution in [3.8, 4) is 11.9 Å². The smallest absolute Gasteiger partial charge is 0.240 e. The molecular formula is C26H22N4O4. The molecular weight excluding hydrogens is 432 g/mol. The van der Waals surface area contributed by atoms with Crippen molar-refractivity contribution in [1.29, 1.82) is 5.26 Å². The number of anilines is 1. The van der Waals surface area contributed by atoms with E-state index in [2.05, 4.69) is 16.0 Å². The summed E-state index contributed by atoms with van der Waals surface area (Å²) in [5.74, 6) is -1.32. The lowest BCUT2D eigenvalue weighted by Gasteiger charge is -2.31. The van der Waals surface area contributed by atoms with Crippen molar-refractivity contribution in [3.05, 3.63) is 60.6 Å². The molecule has 3 aromatic rings. The van der Waals surface area contributed by atoms with Crippen molar-refractivity contribution in [2.75, 3.05) is 11.5 Å². The predicted molar refractivity (Wildman–Crippen MR) is 122 cm³/mol. The Hall–Kier alpha value is -3.83. The highest BCUT2D eigenvalue weighted by atomic mass is 16.5. The second-order valence-electron chi connectivity index (χ2n) is 9.39. The minimum absolute atomic E-state index is 0.289. The molecule has 4 atom stereocenters. The fourth-order valence-electron chi connectivity index (χ4n) is 6.10. The molecule has 6 rings (SSSR count). The molecule has 4 heterocycles. The summed E-state index contributed by atoms with van der Waals surface area (Å²) in [6.45, 7) is 2.22. The number of ether oxygens (including phenoxy) is 2. The molecule has 170 valence electrons. The number of rotatable bonds is 5. The molecule has 8 heteroatoms. The van der Waals surface area contributed by atoms with E-state index in [9.17, 15) is 14.9 Å². The van der Waals surface area contributed by atoms with Gasteiger partial charge in [0.1, 0.15) is 12.4 Å². The van der Waals surface area contributed by atoms with Crippen molar-refractivity contribution in [1.82, 2.24) is 9.97 Å². The lowest BCUT2D eigenvalue weighted by atomic mass is 9.67. The van der Waals surface area contributed by atoms with Crippen LogP contribution >= 0.6 is 0 Å². The summed E-state index contributed by atoms with van der Waals surface area (Å²) in [5, 5.41) is 11.5. The van der Waals surface area contributed by atoms with E-state index >= 15 is 0 Å². The fraction of sp³-hybridized carbons (Fsp3) is 0.346. The highest BCUT2D eigenvalue weighted by molar-refractivity contribution is 6.24. The number of fused-ring (bicyclic) bond motifs is 6. The number of hydrogen-bond donors (Lipinski definition) is 0. The van der Waals surface area contributed by atoms with E-state index in [4.69, 9.17) is 9.47 Å². The van der Waals surface area contributed by atoms with E-state index in [1.165, 1.54) is 11.2 Å². The predicted octanol–water partition coefficient (Wildman–Crippen LogP) is 3.40. The Labute approximate surface area is 196 Å². The highest BCUT2D eigenvalue weighted by Crippen LogP contribution is 2.62. The van der Waals surface area contributed by atoms with Gasteiger partial charge < -0.3 is 9.47 Å². The molecule has 4 unspecified atom stereocenters. The molecule has 0 aliphatic carbocycles. The number of imide groups is 1. The van der Waals surface area contributed by atoms with Crippen molar-refractivity contribution >= 4 is 28.3 Å². The normalized spacial score (nSPS) is 29.5. The van der Waals surface area contributed by atoms with Crippen LogP contribution in [0, 0.1) is 23.2 Å². The van der Waals surface area contributed by atoms with E-state index in [1.807, 2.05) is 37.3 Å². The van der Waals surface area contributed by atoms with Crippen molar-refractivity contribution in [3.63, 3.8) is 0 Å². The molecule has 34 heavy (non-hydrogen) atoms. The van der Waals surface area contributed by atoms with Crippen molar-refractivity contribution < 1.29 is 19.1 Å². The fourth-order valence-corrected chi connectivity index (χ4v) is 6.10. The molecule has 2 bridgehead atoms. The van der Waals surface area contributed by atoms with E-state index in [0.717, 1.165) is 10.8 Å². The Morgan fingerprint density at radius 3 is 2.76 bits per heavy atom. The molecule has 3 saturated heterocycles. The van der Waals surface area contributed by atoms with Crippen LogP contribution in [-0.2, 0) is 14.3 Å². The summed E-state index contributed by atoms with van der Waals surface area (Å²) in [5.41, 5.74) is -0.817. The van der Waals surface area contributed by atoms with Gasteiger partial charge in [-0.1, -0.05) is 30.3 Å². The second-order valence-corrected chi connectivity index (χ2v) is 9.39. The SMILES string of the molecule is CC12CCC(CCOc3ccncn3)(O1)C1C(=O)N(c3ccc4ccccc4c3C#N)C(=O)C12. The number of carbonyl (C=O) groups is 2. The number of hydrogen-bond acceptors (Lipinski definition) is 7. The zero-order valence-corrected chi connectivity index (χ0v) is 18.6. The van der Waals surface area contributed by atoms with Gasteiger partial charge in [-0.25, -0.2) is 14.9 Å². The molecule has 3 fully saturated rings. The quantitative estimate of drug-likeness (QED) is 0.544. The molecule has 3 aliphatic rings. The third-order valence-corrected chi connectivity index (χ3v) is 7.60. The summed E-state index contributed by atoms with van der Waals surface area (Å²) < 4.78 is 12.2. The average Bonchev–Trinajstić information content (AvgIpc) is 3.43. The molecule has 1 aromatic heterocycles. The van der Waals surface area contributed by atoms with Crippen LogP contribution in [0.2, 0.25) is 0 Å². The average molecular weight is 454 g/mol. The van der Waals surface area contributed by atoms with Crippen LogP contribution < -0.4 is 9.64 Å². The number of nitriles is 1. The first-order valence-corrected chi connectivity index (χ1v) is 11.4. The molecule has 8 nitrogen and oxygen atoms in total. The van der Waals surface area contributed by atoms with Crippen LogP contribution in [0.25, 0.3) is 10.8 Å². The van der Waals surface area contributed by atoms with Crippen LogP contribution in [0.3, 0.4) is 0 Å². The summed E-state index contributed by atoms with van der Waals surface area (Å²) in [6, 6.07) is 14.9. The lowest BCUT2D eigenvalue weighted by molar-refractivity contribution is -0.131. The van der Waals surface area contributed by atoms with Gasteiger partial charge in [0.25, 0.3) is 0 Å². The Morgan fingerprint density at radius 2 is 1.97 bits per heavy atom. The lowest BCUT2D eigenvalue weighted by Crippen LogP contribution is -2.43. The highest BCUT2D eigenvalue weighted by Gasteiger charge is 2.74. The Balaban J connectivity index is 1.35. The largest absolute Gasteiger partial charge is 0.477 e. The third kappa shape index (κ3) is 2.80. The van der Waals surface area contributed by atoms with Gasteiger partial charge in [0, 0.05) is 24.1 Å². The van der Waals surface area contributed by atoms with Gasteiger partial charge >= 0.3 is 0 Å². The van der Waals surface area contributed by atoms with Gasteiger partial charge in [0.2, 0.25) is 17.7 Å². The monoisotopic (exact) mass is 454 g/mol. The zero-order valence-electron chi connectivity index (χ0n) is 18.6. The number of carbonyl (C=O) groups excluding carboxylic acids is 2. The molecule has 0 N–H and O–H groups in total. The topological polar surface area (TPSA) is 105 Å². The van der Waals surface area contributed by atoms with Gasteiger partial charge in [0.05, 0.1) is 40.9 Å². The van der Waals surface area contributed by atoms with Crippen LogP contribution in [-0.4, -0.2) is 39.6 Å². The number of aromatic nitrogens is 2. The van der Waals surface area contributed by atoms with E-state index in [0.29, 0.717) is 43.0 Å². The molecule has 3 aliphatic heterocycles. The minimum atomic E-state index is -0.780. The molecule has 0 radical (unpaired) electrons. The van der Waals surface area contributed by atoms with E-state index in [1.54, 1.807) is 18.3 Å². The summed E-state index contributed by atoms with van der Waals surface area (Å²) in [7, 11) is 0. The maximum atomic E-state index is 13.8. The number of amides is 2. The van der Waals surface area contributed by atoms with Crippen molar-refractivity contribution in [2.24, 2.45) is 11.8 Å². The summed E-state index contributed by atoms with van der Waals surface area (Å²) >= 11 is 0. The zero-order chi connectivity index (χ0) is 23.5. The Kier molecular flexibility index (Phi) is 4.48. The van der Waals surface area contributed by atoms with Gasteiger partial charge in [-0.15, -0.1) is 0 Å². The number of benzene rings is 2. The van der Waals surface area contributed by atoms with Crippen molar-refractivity contribution in [2.45, 2.75) is 37.4 Å². The standard InChI is InChI=1S/C26H22N4O4/c1-25-9-10-26(34-25,11-13-33-20-8-12-28-15-29-20)22-21(25)23(31)30(24(22)32)19-7-6-16-4-2-3-5-17(16)18(19)14-27/h2-8,12,15,21-22H,9-11,13H2,1H3. The van der Waals surface area contributed by atoms with Gasteiger partial charge in [0.15, 0.2) is 0 Å². The third-order valence-electron chi connectivity index (χ3n) is 7.60. The molecule has 0 spiro atoms. The van der Waals surface area contributed by atoms with E-state index in [-0.39, 0.29) is 11.8 Å². The number of nitrogens with zero attached hydrogens (tertiary/aromatic N) is 4. The first kappa shape index (κ1) is 20.8. The second kappa shape index (κ2) is 7.34. The van der Waals surface area contributed by atoms with Crippen LogP contribution in [0.5, 0.6) is 5.88 Å².